The van der Waals surface area contributed by atoms with Crippen LogP contribution < -0.4 is 0 Å². The van der Waals surface area contributed by atoms with Gasteiger partial charge in [-0.05, 0) is 54.0 Å². The predicted molar refractivity (Wildman–Crippen MR) is 131 cm³/mol. The van der Waals surface area contributed by atoms with Crippen LogP contribution in [0.2, 0.25) is 0 Å². The molecule has 158 valence electrons. The van der Waals surface area contributed by atoms with Crippen LogP contribution in [0.25, 0.3) is 21.2 Å². The minimum Gasteiger partial charge on any atom is -0.462 e. The highest BCUT2D eigenvalue weighted by molar-refractivity contribution is 7.19. The van der Waals surface area contributed by atoms with E-state index in [0.717, 1.165) is 42.2 Å². The van der Waals surface area contributed by atoms with Crippen molar-refractivity contribution in [2.75, 3.05) is 6.61 Å². The van der Waals surface area contributed by atoms with Crippen LogP contribution in [-0.2, 0) is 17.6 Å². The van der Waals surface area contributed by atoms with Crippen molar-refractivity contribution in [3.63, 3.8) is 0 Å². The summed E-state index contributed by atoms with van der Waals surface area (Å²) < 4.78 is 6.72. The lowest BCUT2D eigenvalue weighted by atomic mass is 9.90. The summed E-state index contributed by atoms with van der Waals surface area (Å²) in [5.74, 6) is -0.219. The van der Waals surface area contributed by atoms with Gasteiger partial charge in [0.2, 0.25) is 0 Å². The second-order valence-electron chi connectivity index (χ2n) is 7.76. The third kappa shape index (κ3) is 4.72. The van der Waals surface area contributed by atoms with E-state index in [4.69, 9.17) is 4.74 Å². The number of carbonyl (C=O) groups is 1. The van der Waals surface area contributed by atoms with Gasteiger partial charge >= 0.3 is 5.97 Å². The first-order valence-electron chi connectivity index (χ1n) is 11.1. The van der Waals surface area contributed by atoms with Crippen molar-refractivity contribution in [1.82, 2.24) is 0 Å². The highest BCUT2D eigenvalue weighted by atomic mass is 32.1. The third-order valence-electron chi connectivity index (χ3n) is 5.52. The first-order chi connectivity index (χ1) is 15.2. The normalized spacial score (nSPS) is 11.0. The largest absolute Gasteiger partial charge is 0.462 e. The molecule has 0 saturated carbocycles. The third-order valence-corrected chi connectivity index (χ3v) is 6.69. The van der Waals surface area contributed by atoms with Crippen LogP contribution in [0.4, 0.5) is 0 Å². The van der Waals surface area contributed by atoms with Crippen molar-refractivity contribution in [3.8, 4) is 11.1 Å². The summed E-state index contributed by atoms with van der Waals surface area (Å²) >= 11 is 1.84. The van der Waals surface area contributed by atoms with Gasteiger partial charge in [-0.1, -0.05) is 74.0 Å². The van der Waals surface area contributed by atoms with Gasteiger partial charge in [0.1, 0.15) is 0 Å². The average Bonchev–Trinajstić information content (AvgIpc) is 3.20. The number of benzene rings is 3. The minimum absolute atomic E-state index is 0.219. The Morgan fingerprint density at radius 2 is 1.65 bits per heavy atom. The summed E-state index contributed by atoms with van der Waals surface area (Å²) in [6, 6.07) is 25.3. The van der Waals surface area contributed by atoms with Crippen LogP contribution in [0.15, 0.2) is 72.8 Å². The highest BCUT2D eigenvalue weighted by Gasteiger charge is 2.22. The lowest BCUT2D eigenvalue weighted by Crippen LogP contribution is -2.09. The van der Waals surface area contributed by atoms with Crippen molar-refractivity contribution >= 4 is 27.4 Å². The maximum absolute atomic E-state index is 12.9. The second kappa shape index (κ2) is 9.93. The van der Waals surface area contributed by atoms with Gasteiger partial charge in [0.25, 0.3) is 0 Å². The Kier molecular flexibility index (Phi) is 6.83. The lowest BCUT2D eigenvalue weighted by Gasteiger charge is -2.16. The summed E-state index contributed by atoms with van der Waals surface area (Å²) in [5.41, 5.74) is 5.49. The first-order valence-corrected chi connectivity index (χ1v) is 11.9. The lowest BCUT2D eigenvalue weighted by molar-refractivity contribution is 0.0525. The number of hydrogen-bond acceptors (Lipinski definition) is 3. The molecule has 31 heavy (non-hydrogen) atoms. The fraction of sp³-hybridized carbons (Fsp3) is 0.250. The molecule has 4 aromatic rings. The fourth-order valence-electron chi connectivity index (χ4n) is 4.07. The van der Waals surface area contributed by atoms with Crippen molar-refractivity contribution in [3.05, 3.63) is 94.4 Å². The molecule has 0 atom stereocenters. The van der Waals surface area contributed by atoms with Crippen LogP contribution in [0.1, 0.15) is 53.1 Å². The van der Waals surface area contributed by atoms with E-state index in [9.17, 15) is 4.79 Å². The van der Waals surface area contributed by atoms with Crippen LogP contribution in [-0.4, -0.2) is 12.6 Å². The molecular weight excluding hydrogens is 400 g/mol. The highest BCUT2D eigenvalue weighted by Crippen LogP contribution is 2.41. The molecule has 0 unspecified atom stereocenters. The zero-order valence-electron chi connectivity index (χ0n) is 18.2. The van der Waals surface area contributed by atoms with E-state index in [1.807, 2.05) is 30.4 Å². The van der Waals surface area contributed by atoms with Gasteiger partial charge in [0, 0.05) is 21.6 Å². The number of unbranched alkanes of at least 4 members (excludes halogenated alkanes) is 1. The van der Waals surface area contributed by atoms with Crippen LogP contribution in [0, 0.1) is 0 Å². The number of hydrogen-bond donors (Lipinski definition) is 0. The molecule has 0 radical (unpaired) electrons. The Labute approximate surface area is 188 Å². The van der Waals surface area contributed by atoms with Crippen LogP contribution in [0.5, 0.6) is 0 Å². The molecule has 0 bridgehead atoms. The number of esters is 1. The van der Waals surface area contributed by atoms with E-state index >= 15 is 0 Å². The van der Waals surface area contributed by atoms with Crippen LogP contribution in [0.3, 0.4) is 0 Å². The Morgan fingerprint density at radius 3 is 2.32 bits per heavy atom. The van der Waals surface area contributed by atoms with Gasteiger partial charge in [-0.25, -0.2) is 4.79 Å². The number of rotatable bonds is 8. The molecule has 0 amide bonds. The molecule has 0 spiro atoms. The number of carbonyl (C=O) groups excluding carboxylic acids is 1. The first kappa shape index (κ1) is 21.3. The average molecular weight is 429 g/mol. The van der Waals surface area contributed by atoms with E-state index in [1.54, 1.807) is 0 Å². The van der Waals surface area contributed by atoms with Gasteiger partial charge in [-0.2, -0.15) is 0 Å². The monoisotopic (exact) mass is 428 g/mol. The smallest absolute Gasteiger partial charge is 0.338 e. The molecule has 1 heterocycles. The van der Waals surface area contributed by atoms with Crippen molar-refractivity contribution in [1.29, 1.82) is 0 Å². The van der Waals surface area contributed by atoms with Gasteiger partial charge in [0.15, 0.2) is 0 Å². The molecule has 3 heteroatoms. The number of ether oxygens (including phenoxy) is 1. The molecule has 0 fully saturated rings. The molecule has 0 N–H and O–H groups in total. The van der Waals surface area contributed by atoms with Crippen LogP contribution >= 0.6 is 11.3 Å². The molecule has 1 aromatic heterocycles. The number of thiophene rings is 1. The summed E-state index contributed by atoms with van der Waals surface area (Å²) in [7, 11) is 0. The van der Waals surface area contributed by atoms with Gasteiger partial charge in [0.05, 0.1) is 12.2 Å². The van der Waals surface area contributed by atoms with E-state index < -0.39 is 0 Å². The quantitative estimate of drug-likeness (QED) is 0.269. The molecule has 2 nitrogen and oxygen atoms in total. The van der Waals surface area contributed by atoms with Crippen molar-refractivity contribution in [2.45, 2.75) is 39.5 Å². The summed E-state index contributed by atoms with van der Waals surface area (Å²) in [5, 5.41) is 1.12. The maximum atomic E-state index is 12.9. The van der Waals surface area contributed by atoms with E-state index in [2.05, 4.69) is 67.6 Å². The molecule has 4 rings (SSSR count). The fourth-order valence-corrected chi connectivity index (χ4v) is 5.34. The number of fused-ring (bicyclic) bond motifs is 1. The minimum atomic E-state index is -0.219. The predicted octanol–water partition coefficient (Wildman–Crippen LogP) is 7.68. The van der Waals surface area contributed by atoms with Crippen molar-refractivity contribution < 1.29 is 9.53 Å². The summed E-state index contributed by atoms with van der Waals surface area (Å²) in [6.45, 7) is 4.43. The van der Waals surface area contributed by atoms with Gasteiger partial charge in [-0.3, -0.25) is 0 Å². The van der Waals surface area contributed by atoms with E-state index in [-0.39, 0.29) is 5.97 Å². The Bertz CT molecular complexity index is 1160. The zero-order valence-corrected chi connectivity index (χ0v) is 19.0. The Balaban J connectivity index is 1.93. The van der Waals surface area contributed by atoms with Gasteiger partial charge in [-0.15, -0.1) is 11.3 Å². The molecule has 0 aliphatic carbocycles. The zero-order chi connectivity index (χ0) is 21.6. The standard InChI is InChI=1S/C28H28O2S/c1-3-5-16-24-25(28(29)30-4-2)19-22-18-23(17-20-12-8-6-9-13-20)31-27(22)26(24)21-14-10-7-11-15-21/h6-15,18-19H,3-5,16-17H2,1-2H3. The van der Waals surface area contributed by atoms with E-state index in [0.29, 0.717) is 12.2 Å². The molecule has 3 aromatic carbocycles. The van der Waals surface area contributed by atoms with Gasteiger partial charge < -0.3 is 4.74 Å². The molecule has 0 saturated heterocycles. The molecule has 0 aliphatic rings. The molecule has 0 aliphatic heterocycles. The summed E-state index contributed by atoms with van der Waals surface area (Å²) in [6.07, 6.45) is 3.89. The van der Waals surface area contributed by atoms with E-state index in [1.165, 1.54) is 20.7 Å². The Hall–Kier alpha value is -2.91. The second-order valence-corrected chi connectivity index (χ2v) is 8.90. The SMILES string of the molecule is CCCCc1c(C(=O)OCC)cc2cc(Cc3ccccc3)sc2c1-c1ccccc1. The topological polar surface area (TPSA) is 26.3 Å². The maximum Gasteiger partial charge on any atom is 0.338 e. The molecular formula is C28H28O2S. The Morgan fingerprint density at radius 1 is 0.935 bits per heavy atom. The summed E-state index contributed by atoms with van der Waals surface area (Å²) in [4.78, 5) is 14.2. The van der Waals surface area contributed by atoms with Crippen molar-refractivity contribution in [2.24, 2.45) is 0 Å².